The quantitative estimate of drug-likeness (QED) is 0.494. The lowest BCUT2D eigenvalue weighted by molar-refractivity contribution is 0.0979. The number of pyridine rings is 1. The molecule has 0 saturated carbocycles. The molecule has 0 aromatic carbocycles. The number of rotatable bonds is 6. The Bertz CT molecular complexity index is 862. The van der Waals surface area contributed by atoms with Crippen molar-refractivity contribution in [1.29, 1.82) is 0 Å². The maximum absolute atomic E-state index is 12.5. The Kier molecular flexibility index (Phi) is 4.33. The molecule has 0 radical (unpaired) electrons. The zero-order valence-corrected chi connectivity index (χ0v) is 13.9. The van der Waals surface area contributed by atoms with Crippen molar-refractivity contribution in [1.82, 2.24) is 9.55 Å². The fourth-order valence-electron chi connectivity index (χ4n) is 2.67. The van der Waals surface area contributed by atoms with Gasteiger partial charge in [0.25, 0.3) is 10.1 Å². The van der Waals surface area contributed by atoms with Gasteiger partial charge >= 0.3 is 0 Å². The van der Waals surface area contributed by atoms with E-state index in [2.05, 4.69) is 9.17 Å². The number of hydrogen-bond acceptors (Lipinski definition) is 6. The molecule has 0 saturated heterocycles. The molecule has 1 aliphatic carbocycles. The number of carbonyl (C=O) groups excluding carboxylic acids is 2. The second-order valence-electron chi connectivity index (χ2n) is 5.64. The molecule has 2 aromatic rings. The van der Waals surface area contributed by atoms with Crippen LogP contribution in [0.25, 0.3) is 0 Å². The lowest BCUT2D eigenvalue weighted by Crippen LogP contribution is -2.19. The van der Waals surface area contributed by atoms with Crippen LogP contribution in [-0.4, -0.2) is 42.4 Å². The molecule has 0 aliphatic heterocycles. The molecular formula is C16H16N2O5S. The van der Waals surface area contributed by atoms with Crippen molar-refractivity contribution in [2.45, 2.75) is 19.4 Å². The van der Waals surface area contributed by atoms with Gasteiger partial charge in [-0.15, -0.1) is 0 Å². The summed E-state index contributed by atoms with van der Waals surface area (Å²) in [6.45, 7) is 0.685. The number of ketones is 2. The summed E-state index contributed by atoms with van der Waals surface area (Å²) in [4.78, 5) is 28.8. The topological polar surface area (TPSA) is 95.3 Å². The van der Waals surface area contributed by atoms with Gasteiger partial charge < -0.3 is 4.57 Å². The average molecular weight is 348 g/mol. The lowest BCUT2D eigenvalue weighted by atomic mass is 9.88. The minimum absolute atomic E-state index is 0.120. The summed E-state index contributed by atoms with van der Waals surface area (Å²) in [6.07, 6.45) is 8.46. The van der Waals surface area contributed by atoms with Crippen LogP contribution in [0.5, 0.6) is 0 Å². The Balaban J connectivity index is 1.69. The minimum Gasteiger partial charge on any atom is -0.353 e. The van der Waals surface area contributed by atoms with E-state index in [0.717, 1.165) is 6.26 Å². The fourth-order valence-corrected chi connectivity index (χ4v) is 3.09. The van der Waals surface area contributed by atoms with E-state index in [0.29, 0.717) is 41.6 Å². The van der Waals surface area contributed by atoms with E-state index < -0.39 is 10.1 Å². The van der Waals surface area contributed by atoms with Crippen LogP contribution in [0.15, 0.2) is 30.9 Å². The standard InChI is InChI=1S/C16H16N2O5S/c1-24(21,22)23-7-3-2-6-18-9-13-14(10-18)16(20)12-8-17-5-4-11(12)15(13)19/h4-5,8-10H,2-3,6-7H2,1H3. The van der Waals surface area contributed by atoms with Crippen molar-refractivity contribution in [3.63, 3.8) is 0 Å². The van der Waals surface area contributed by atoms with Crippen molar-refractivity contribution >= 4 is 21.7 Å². The van der Waals surface area contributed by atoms with Crippen molar-refractivity contribution in [2.75, 3.05) is 12.9 Å². The molecule has 8 heteroatoms. The van der Waals surface area contributed by atoms with Crippen LogP contribution in [0.4, 0.5) is 0 Å². The summed E-state index contributed by atoms with van der Waals surface area (Å²) < 4.78 is 28.2. The second-order valence-corrected chi connectivity index (χ2v) is 7.28. The molecule has 0 bridgehead atoms. The monoisotopic (exact) mass is 348 g/mol. The van der Waals surface area contributed by atoms with Gasteiger partial charge in [-0.2, -0.15) is 8.42 Å². The third-order valence-corrected chi connectivity index (χ3v) is 4.38. The van der Waals surface area contributed by atoms with Gasteiger partial charge in [0.15, 0.2) is 11.6 Å². The zero-order valence-electron chi connectivity index (χ0n) is 13.1. The number of aryl methyl sites for hydroxylation is 1. The number of fused-ring (bicyclic) bond motifs is 2. The highest BCUT2D eigenvalue weighted by molar-refractivity contribution is 7.85. The van der Waals surface area contributed by atoms with Crippen molar-refractivity contribution in [2.24, 2.45) is 0 Å². The van der Waals surface area contributed by atoms with E-state index in [1.54, 1.807) is 23.0 Å². The Morgan fingerprint density at radius 2 is 1.71 bits per heavy atom. The van der Waals surface area contributed by atoms with Gasteiger partial charge in [-0.05, 0) is 18.9 Å². The van der Waals surface area contributed by atoms with Gasteiger partial charge in [0.2, 0.25) is 0 Å². The Labute approximate surface area is 139 Å². The van der Waals surface area contributed by atoms with Gasteiger partial charge in [-0.25, -0.2) is 0 Å². The largest absolute Gasteiger partial charge is 0.353 e. The highest BCUT2D eigenvalue weighted by Gasteiger charge is 2.31. The van der Waals surface area contributed by atoms with Crippen LogP contribution in [0.3, 0.4) is 0 Å². The van der Waals surface area contributed by atoms with E-state index >= 15 is 0 Å². The third kappa shape index (κ3) is 3.29. The molecule has 0 atom stereocenters. The molecule has 7 nitrogen and oxygen atoms in total. The van der Waals surface area contributed by atoms with E-state index in [4.69, 9.17) is 0 Å². The number of aromatic nitrogens is 2. The SMILES string of the molecule is CS(=O)(=O)OCCCCn1cc2c(c1)C(=O)c1cnccc1C2=O. The van der Waals surface area contributed by atoms with E-state index in [9.17, 15) is 18.0 Å². The lowest BCUT2D eigenvalue weighted by Gasteiger charge is -2.12. The number of carbonyl (C=O) groups is 2. The van der Waals surface area contributed by atoms with E-state index in [1.807, 2.05) is 0 Å². The summed E-state index contributed by atoms with van der Waals surface area (Å²) in [5, 5.41) is 0. The first-order chi connectivity index (χ1) is 11.4. The molecule has 126 valence electrons. The third-order valence-electron chi connectivity index (χ3n) is 3.79. The van der Waals surface area contributed by atoms with Gasteiger partial charge in [0, 0.05) is 36.9 Å². The number of nitrogens with zero attached hydrogens (tertiary/aromatic N) is 2. The van der Waals surface area contributed by atoms with Crippen molar-refractivity contribution < 1.29 is 22.2 Å². The highest BCUT2D eigenvalue weighted by atomic mass is 32.2. The average Bonchev–Trinajstić information content (AvgIpc) is 2.96. The van der Waals surface area contributed by atoms with Crippen LogP contribution in [0.1, 0.15) is 44.7 Å². The molecule has 0 amide bonds. The molecule has 0 unspecified atom stereocenters. The van der Waals surface area contributed by atoms with Crippen molar-refractivity contribution in [3.05, 3.63) is 53.1 Å². The van der Waals surface area contributed by atoms with Gasteiger partial charge in [-0.3, -0.25) is 18.8 Å². The molecule has 0 spiro atoms. The second kappa shape index (κ2) is 6.29. The van der Waals surface area contributed by atoms with Crippen LogP contribution < -0.4 is 0 Å². The molecule has 1 aliphatic rings. The molecule has 0 N–H and O–H groups in total. The molecule has 24 heavy (non-hydrogen) atoms. The molecule has 0 fully saturated rings. The molecule has 3 rings (SSSR count). The van der Waals surface area contributed by atoms with Crippen LogP contribution in [0.2, 0.25) is 0 Å². The normalized spacial score (nSPS) is 13.7. The Morgan fingerprint density at radius 1 is 1.04 bits per heavy atom. The molecular weight excluding hydrogens is 332 g/mol. The summed E-state index contributed by atoms with van der Waals surface area (Å²) in [6, 6.07) is 1.55. The molecule has 2 heterocycles. The summed E-state index contributed by atoms with van der Waals surface area (Å²) >= 11 is 0. The summed E-state index contributed by atoms with van der Waals surface area (Å²) in [5.74, 6) is -0.381. The highest BCUT2D eigenvalue weighted by Crippen LogP contribution is 2.27. The number of unbranched alkanes of at least 4 members (excludes halogenated alkanes) is 1. The minimum atomic E-state index is -3.42. The maximum Gasteiger partial charge on any atom is 0.264 e. The zero-order chi connectivity index (χ0) is 17.3. The first-order valence-corrected chi connectivity index (χ1v) is 9.26. The Hall–Kier alpha value is -2.32. The maximum atomic E-state index is 12.5. The Morgan fingerprint density at radius 3 is 2.38 bits per heavy atom. The summed E-state index contributed by atoms with van der Waals surface area (Å²) in [5.41, 5.74) is 1.48. The first kappa shape index (κ1) is 16.5. The summed E-state index contributed by atoms with van der Waals surface area (Å²) in [7, 11) is -3.42. The van der Waals surface area contributed by atoms with Crippen LogP contribution in [0, 0.1) is 0 Å². The molecule has 2 aromatic heterocycles. The smallest absolute Gasteiger partial charge is 0.264 e. The predicted molar refractivity (Wildman–Crippen MR) is 85.6 cm³/mol. The first-order valence-electron chi connectivity index (χ1n) is 7.44. The predicted octanol–water partition coefficient (Wildman–Crippen LogP) is 1.41. The van der Waals surface area contributed by atoms with Crippen LogP contribution in [-0.2, 0) is 20.8 Å². The van der Waals surface area contributed by atoms with E-state index in [-0.39, 0.29) is 18.2 Å². The number of hydrogen-bond donors (Lipinski definition) is 0. The van der Waals surface area contributed by atoms with E-state index in [1.165, 1.54) is 12.4 Å². The fraction of sp³-hybridized carbons (Fsp3) is 0.312. The van der Waals surface area contributed by atoms with Gasteiger partial charge in [0.05, 0.1) is 29.6 Å². The van der Waals surface area contributed by atoms with Gasteiger partial charge in [-0.1, -0.05) is 0 Å². The van der Waals surface area contributed by atoms with Crippen LogP contribution >= 0.6 is 0 Å². The van der Waals surface area contributed by atoms with Gasteiger partial charge in [0.1, 0.15) is 0 Å². The van der Waals surface area contributed by atoms with Crippen molar-refractivity contribution in [3.8, 4) is 0 Å².